The van der Waals surface area contributed by atoms with Gasteiger partial charge in [-0.1, -0.05) is 6.92 Å². The number of benzene rings is 2. The van der Waals surface area contributed by atoms with Crippen LogP contribution in [0.1, 0.15) is 12.5 Å². The lowest BCUT2D eigenvalue weighted by molar-refractivity contribution is 1.17. The van der Waals surface area contributed by atoms with Crippen molar-refractivity contribution in [2.24, 2.45) is 0 Å². The van der Waals surface area contributed by atoms with Gasteiger partial charge in [0, 0.05) is 27.7 Å². The lowest BCUT2D eigenvalue weighted by atomic mass is 10.1. The summed E-state index contributed by atoms with van der Waals surface area (Å²) in [6, 6.07) is 12.8. The minimum absolute atomic E-state index is 1.03. The smallest absolute Gasteiger partial charge is 0.0832 e. The lowest BCUT2D eigenvalue weighted by Crippen LogP contribution is -1.92. The van der Waals surface area contributed by atoms with Gasteiger partial charge in [-0.25, -0.2) is 4.98 Å². The molecule has 0 radical (unpaired) electrons. The molecule has 3 nitrogen and oxygen atoms in total. The van der Waals surface area contributed by atoms with Gasteiger partial charge in [-0.15, -0.1) is 22.7 Å². The summed E-state index contributed by atoms with van der Waals surface area (Å²) in [7, 11) is 0. The molecule has 0 aliphatic heterocycles. The first kappa shape index (κ1) is 14.8. The predicted molar refractivity (Wildman–Crippen MR) is 109 cm³/mol. The standard InChI is InChI=1S/C20H15N3S2/c1-2-12-10-24-20-9-15-16(5-6-21-17(15)8-14(12)20)23-13-3-4-19-18(7-13)22-11-25-19/h3-11H,2H2,1H3,(H,21,23). The van der Waals surface area contributed by atoms with E-state index in [9.17, 15) is 0 Å². The van der Waals surface area contributed by atoms with Gasteiger partial charge >= 0.3 is 0 Å². The Morgan fingerprint density at radius 1 is 0.920 bits per heavy atom. The molecule has 0 aliphatic carbocycles. The maximum Gasteiger partial charge on any atom is 0.0832 e. The molecule has 25 heavy (non-hydrogen) atoms. The van der Waals surface area contributed by atoms with Crippen molar-refractivity contribution in [1.82, 2.24) is 9.97 Å². The number of hydrogen-bond donors (Lipinski definition) is 1. The van der Waals surface area contributed by atoms with E-state index in [0.29, 0.717) is 0 Å². The molecule has 0 unspecified atom stereocenters. The molecule has 5 rings (SSSR count). The van der Waals surface area contributed by atoms with Crippen molar-refractivity contribution in [3.63, 3.8) is 0 Å². The molecule has 122 valence electrons. The van der Waals surface area contributed by atoms with Crippen LogP contribution in [-0.4, -0.2) is 9.97 Å². The number of nitrogens with zero attached hydrogens (tertiary/aromatic N) is 2. The SMILES string of the molecule is CCc1csc2cc3c(Nc4ccc5scnc5c4)ccnc3cc12. The topological polar surface area (TPSA) is 37.8 Å². The van der Waals surface area contributed by atoms with Crippen LogP contribution in [0, 0.1) is 0 Å². The molecule has 0 bridgehead atoms. The van der Waals surface area contributed by atoms with Crippen LogP contribution in [0.5, 0.6) is 0 Å². The third-order valence-electron chi connectivity index (χ3n) is 4.51. The van der Waals surface area contributed by atoms with Crippen LogP contribution in [0.2, 0.25) is 0 Å². The maximum absolute atomic E-state index is 4.58. The molecule has 5 heteroatoms. The van der Waals surface area contributed by atoms with Crippen molar-refractivity contribution in [2.75, 3.05) is 5.32 Å². The Kier molecular flexibility index (Phi) is 3.43. The summed E-state index contributed by atoms with van der Waals surface area (Å²) in [5, 5.41) is 8.28. The molecule has 0 aliphatic rings. The number of aromatic nitrogens is 2. The van der Waals surface area contributed by atoms with Crippen molar-refractivity contribution >= 4 is 65.3 Å². The third kappa shape index (κ3) is 2.47. The Hall–Kier alpha value is -2.50. The third-order valence-corrected chi connectivity index (χ3v) is 6.31. The van der Waals surface area contributed by atoms with E-state index in [2.05, 4.69) is 57.9 Å². The monoisotopic (exact) mass is 361 g/mol. The number of hydrogen-bond acceptors (Lipinski definition) is 5. The van der Waals surface area contributed by atoms with Gasteiger partial charge in [0.2, 0.25) is 0 Å². The highest BCUT2D eigenvalue weighted by Crippen LogP contribution is 2.34. The number of nitrogens with one attached hydrogen (secondary N) is 1. The molecule has 2 aromatic carbocycles. The molecule has 0 saturated heterocycles. The molecule has 3 heterocycles. The van der Waals surface area contributed by atoms with Gasteiger partial charge in [0.1, 0.15) is 0 Å². The summed E-state index contributed by atoms with van der Waals surface area (Å²) in [6.45, 7) is 2.20. The van der Waals surface area contributed by atoms with Crippen molar-refractivity contribution in [3.8, 4) is 0 Å². The van der Waals surface area contributed by atoms with Crippen LogP contribution in [0.15, 0.2) is 53.5 Å². The molecule has 0 amide bonds. The van der Waals surface area contributed by atoms with Crippen LogP contribution < -0.4 is 5.32 Å². The minimum atomic E-state index is 1.03. The zero-order chi connectivity index (χ0) is 16.8. The molecule has 0 saturated carbocycles. The van der Waals surface area contributed by atoms with E-state index in [1.807, 2.05) is 29.1 Å². The largest absolute Gasteiger partial charge is 0.355 e. The van der Waals surface area contributed by atoms with Crippen molar-refractivity contribution < 1.29 is 0 Å². The Morgan fingerprint density at radius 3 is 2.80 bits per heavy atom. The maximum atomic E-state index is 4.58. The van der Waals surface area contributed by atoms with E-state index in [0.717, 1.165) is 34.2 Å². The van der Waals surface area contributed by atoms with Gasteiger partial charge in [-0.2, -0.15) is 0 Å². The fraction of sp³-hybridized carbons (Fsp3) is 0.100. The number of thiophene rings is 1. The van der Waals surface area contributed by atoms with Gasteiger partial charge in [-0.05, 0) is 59.1 Å². The van der Waals surface area contributed by atoms with Gasteiger partial charge in [0.05, 0.1) is 21.2 Å². The first-order chi connectivity index (χ1) is 12.3. The number of aryl methyl sites for hydroxylation is 1. The average Bonchev–Trinajstić information content (AvgIpc) is 3.26. The Labute approximate surface area is 153 Å². The van der Waals surface area contributed by atoms with Crippen molar-refractivity contribution in [3.05, 3.63) is 59.0 Å². The van der Waals surface area contributed by atoms with Crippen LogP contribution in [0.4, 0.5) is 11.4 Å². The number of thiazole rings is 1. The average molecular weight is 361 g/mol. The first-order valence-corrected chi connectivity index (χ1v) is 9.97. The summed E-state index contributed by atoms with van der Waals surface area (Å²) < 4.78 is 2.52. The fourth-order valence-electron chi connectivity index (χ4n) is 3.19. The van der Waals surface area contributed by atoms with Gasteiger partial charge in [-0.3, -0.25) is 4.98 Å². The second-order valence-electron chi connectivity index (χ2n) is 6.00. The van der Waals surface area contributed by atoms with Crippen LogP contribution in [-0.2, 0) is 6.42 Å². The number of rotatable bonds is 3. The van der Waals surface area contributed by atoms with E-state index >= 15 is 0 Å². The predicted octanol–water partition coefficient (Wildman–Crippen LogP) is 6.37. The quantitative estimate of drug-likeness (QED) is 0.406. The van der Waals surface area contributed by atoms with Crippen LogP contribution >= 0.6 is 22.7 Å². The van der Waals surface area contributed by atoms with Gasteiger partial charge < -0.3 is 5.32 Å². The molecule has 0 spiro atoms. The first-order valence-electron chi connectivity index (χ1n) is 8.21. The van der Waals surface area contributed by atoms with E-state index in [4.69, 9.17) is 0 Å². The molecule has 0 fully saturated rings. The summed E-state index contributed by atoms with van der Waals surface area (Å²) in [5.74, 6) is 0. The summed E-state index contributed by atoms with van der Waals surface area (Å²) in [4.78, 5) is 8.99. The van der Waals surface area contributed by atoms with E-state index in [1.54, 1.807) is 11.3 Å². The van der Waals surface area contributed by atoms with Crippen molar-refractivity contribution in [1.29, 1.82) is 0 Å². The zero-order valence-electron chi connectivity index (χ0n) is 13.6. The van der Waals surface area contributed by atoms with E-state index in [-0.39, 0.29) is 0 Å². The second kappa shape index (κ2) is 5.79. The van der Waals surface area contributed by atoms with Crippen molar-refractivity contribution in [2.45, 2.75) is 13.3 Å². The number of fused-ring (bicyclic) bond motifs is 3. The van der Waals surface area contributed by atoms with Crippen LogP contribution in [0.25, 0.3) is 31.2 Å². The number of anilines is 2. The molecule has 1 N–H and O–H groups in total. The zero-order valence-corrected chi connectivity index (χ0v) is 15.2. The van der Waals surface area contributed by atoms with Gasteiger partial charge in [0.25, 0.3) is 0 Å². The summed E-state index contributed by atoms with van der Waals surface area (Å²) >= 11 is 3.47. The summed E-state index contributed by atoms with van der Waals surface area (Å²) in [5.41, 5.74) is 7.46. The summed E-state index contributed by atoms with van der Waals surface area (Å²) in [6.07, 6.45) is 2.92. The highest BCUT2D eigenvalue weighted by atomic mass is 32.1. The number of pyridine rings is 1. The molecular formula is C20H15N3S2. The highest BCUT2D eigenvalue weighted by Gasteiger charge is 2.09. The lowest BCUT2D eigenvalue weighted by Gasteiger charge is -2.10. The van der Waals surface area contributed by atoms with E-state index in [1.165, 1.54) is 20.3 Å². The Balaban J connectivity index is 1.64. The minimum Gasteiger partial charge on any atom is -0.355 e. The fourth-order valence-corrected chi connectivity index (χ4v) is 4.92. The Bertz CT molecular complexity index is 1220. The van der Waals surface area contributed by atoms with Gasteiger partial charge in [0.15, 0.2) is 0 Å². The molecule has 0 atom stereocenters. The second-order valence-corrected chi connectivity index (χ2v) is 7.80. The highest BCUT2D eigenvalue weighted by molar-refractivity contribution is 7.17. The molecule has 3 aromatic heterocycles. The Morgan fingerprint density at radius 2 is 1.88 bits per heavy atom. The molecule has 5 aromatic rings. The van der Waals surface area contributed by atoms with Crippen LogP contribution in [0.3, 0.4) is 0 Å². The normalized spacial score (nSPS) is 11.6. The van der Waals surface area contributed by atoms with E-state index < -0.39 is 0 Å². The molecular weight excluding hydrogens is 346 g/mol.